The van der Waals surface area contributed by atoms with Gasteiger partial charge in [0.2, 0.25) is 0 Å². The Morgan fingerprint density at radius 1 is 1.21 bits per heavy atom. The number of hydrogen-bond acceptors (Lipinski definition) is 4. The minimum absolute atomic E-state index is 0.183. The Bertz CT molecular complexity index is 216. The number of aliphatic carboxylic acids is 1. The molecule has 2 heterocycles. The Kier molecular flexibility index (Phi) is 3.00. The second-order valence-electron chi connectivity index (χ2n) is 3.80. The molecular formula is C9H16N2O3. The smallest absolute Gasteiger partial charge is 0.307 e. The van der Waals surface area contributed by atoms with Gasteiger partial charge in [-0.25, -0.2) is 10.0 Å². The second-order valence-corrected chi connectivity index (χ2v) is 3.80. The SMILES string of the molecule is O=C(O)[C@@H]1CCN(N2CCOCC2)C1. The van der Waals surface area contributed by atoms with Crippen molar-refractivity contribution in [1.82, 2.24) is 10.0 Å². The molecule has 1 N–H and O–H groups in total. The third-order valence-electron chi connectivity index (χ3n) is 2.90. The molecule has 0 bridgehead atoms. The molecule has 5 heteroatoms. The Hall–Kier alpha value is -0.650. The minimum atomic E-state index is -0.666. The summed E-state index contributed by atoms with van der Waals surface area (Å²) in [5, 5.41) is 13.2. The van der Waals surface area contributed by atoms with Crippen LogP contribution in [0, 0.1) is 5.92 Å². The van der Waals surface area contributed by atoms with Gasteiger partial charge < -0.3 is 9.84 Å². The fraction of sp³-hybridized carbons (Fsp3) is 0.889. The molecular weight excluding hydrogens is 184 g/mol. The lowest BCUT2D eigenvalue weighted by molar-refractivity contribution is -0.142. The van der Waals surface area contributed by atoms with Gasteiger partial charge in [0.05, 0.1) is 19.1 Å². The standard InChI is InChI=1S/C9H16N2O3/c12-9(13)8-1-2-11(7-8)10-3-5-14-6-4-10/h8H,1-7H2,(H,12,13)/t8-/m1/s1. The van der Waals surface area contributed by atoms with Crippen molar-refractivity contribution in [3.63, 3.8) is 0 Å². The molecule has 0 aromatic rings. The molecule has 0 aliphatic carbocycles. The maximum atomic E-state index is 10.8. The van der Waals surface area contributed by atoms with Crippen LogP contribution in [0.25, 0.3) is 0 Å². The number of carboxylic acids is 1. The highest BCUT2D eigenvalue weighted by atomic mass is 16.5. The first-order chi connectivity index (χ1) is 6.77. The van der Waals surface area contributed by atoms with E-state index in [1.54, 1.807) is 0 Å². The highest BCUT2D eigenvalue weighted by Gasteiger charge is 2.31. The monoisotopic (exact) mass is 200 g/mol. The van der Waals surface area contributed by atoms with Crippen molar-refractivity contribution < 1.29 is 14.6 Å². The lowest BCUT2D eigenvalue weighted by Crippen LogP contribution is -2.47. The largest absolute Gasteiger partial charge is 0.481 e. The highest BCUT2D eigenvalue weighted by Crippen LogP contribution is 2.18. The van der Waals surface area contributed by atoms with Crippen LogP contribution in [0.3, 0.4) is 0 Å². The zero-order valence-corrected chi connectivity index (χ0v) is 8.19. The number of nitrogens with zero attached hydrogens (tertiary/aromatic N) is 2. The lowest BCUT2D eigenvalue weighted by atomic mass is 10.1. The van der Waals surface area contributed by atoms with Crippen LogP contribution in [0.5, 0.6) is 0 Å². The van der Waals surface area contributed by atoms with Gasteiger partial charge >= 0.3 is 5.97 Å². The first-order valence-corrected chi connectivity index (χ1v) is 5.08. The predicted octanol–water partition coefficient (Wildman–Crippen LogP) is -0.360. The average Bonchev–Trinajstić information content (AvgIpc) is 2.68. The van der Waals surface area contributed by atoms with Crippen LogP contribution in [-0.2, 0) is 9.53 Å². The van der Waals surface area contributed by atoms with E-state index in [0.29, 0.717) is 6.54 Å². The van der Waals surface area contributed by atoms with Crippen molar-refractivity contribution in [2.24, 2.45) is 5.92 Å². The van der Waals surface area contributed by atoms with Gasteiger partial charge in [-0.3, -0.25) is 4.79 Å². The fourth-order valence-corrected chi connectivity index (χ4v) is 2.04. The van der Waals surface area contributed by atoms with Gasteiger partial charge in [0.25, 0.3) is 0 Å². The van der Waals surface area contributed by atoms with Crippen LogP contribution < -0.4 is 0 Å². The number of morpholine rings is 1. The summed E-state index contributed by atoms with van der Waals surface area (Å²) in [4.78, 5) is 10.8. The molecule has 0 aromatic carbocycles. The molecule has 0 aromatic heterocycles. The minimum Gasteiger partial charge on any atom is -0.481 e. The molecule has 0 saturated carbocycles. The zero-order chi connectivity index (χ0) is 9.97. The van der Waals surface area contributed by atoms with E-state index < -0.39 is 5.97 Å². The number of ether oxygens (including phenoxy) is 1. The van der Waals surface area contributed by atoms with Crippen molar-refractivity contribution in [1.29, 1.82) is 0 Å². The molecule has 1 atom stereocenters. The van der Waals surface area contributed by atoms with Crippen LogP contribution in [0.4, 0.5) is 0 Å². The molecule has 2 saturated heterocycles. The Morgan fingerprint density at radius 3 is 2.50 bits per heavy atom. The molecule has 0 spiro atoms. The molecule has 0 amide bonds. The number of carbonyl (C=O) groups is 1. The van der Waals surface area contributed by atoms with Crippen molar-refractivity contribution in [3.8, 4) is 0 Å². The summed E-state index contributed by atoms with van der Waals surface area (Å²) in [6.07, 6.45) is 0.771. The summed E-state index contributed by atoms with van der Waals surface area (Å²) >= 11 is 0. The van der Waals surface area contributed by atoms with E-state index in [0.717, 1.165) is 39.3 Å². The van der Waals surface area contributed by atoms with Crippen LogP contribution in [0.1, 0.15) is 6.42 Å². The van der Waals surface area contributed by atoms with E-state index in [9.17, 15) is 4.79 Å². The second kappa shape index (κ2) is 4.25. The third kappa shape index (κ3) is 2.05. The van der Waals surface area contributed by atoms with Crippen molar-refractivity contribution in [3.05, 3.63) is 0 Å². The van der Waals surface area contributed by atoms with E-state index in [-0.39, 0.29) is 5.92 Å². The molecule has 2 aliphatic heterocycles. The van der Waals surface area contributed by atoms with Crippen LogP contribution in [0.15, 0.2) is 0 Å². The molecule has 2 rings (SSSR count). The quantitative estimate of drug-likeness (QED) is 0.659. The summed E-state index contributed by atoms with van der Waals surface area (Å²) in [6.45, 7) is 4.84. The Labute approximate surface area is 83.2 Å². The predicted molar refractivity (Wildman–Crippen MR) is 49.7 cm³/mol. The highest BCUT2D eigenvalue weighted by molar-refractivity contribution is 5.70. The third-order valence-corrected chi connectivity index (χ3v) is 2.90. The van der Waals surface area contributed by atoms with Crippen LogP contribution in [-0.4, -0.2) is 60.5 Å². The van der Waals surface area contributed by atoms with Gasteiger partial charge in [0.15, 0.2) is 0 Å². The maximum absolute atomic E-state index is 10.8. The first-order valence-electron chi connectivity index (χ1n) is 5.08. The molecule has 14 heavy (non-hydrogen) atoms. The van der Waals surface area contributed by atoms with Gasteiger partial charge in [-0.1, -0.05) is 0 Å². The summed E-state index contributed by atoms with van der Waals surface area (Å²) in [7, 11) is 0. The zero-order valence-electron chi connectivity index (χ0n) is 8.19. The number of rotatable bonds is 2. The Morgan fingerprint density at radius 2 is 1.93 bits per heavy atom. The summed E-state index contributed by atoms with van der Waals surface area (Å²) < 4.78 is 5.25. The molecule has 80 valence electrons. The molecule has 2 fully saturated rings. The van der Waals surface area contributed by atoms with Gasteiger partial charge in [0.1, 0.15) is 0 Å². The summed E-state index contributed by atoms with van der Waals surface area (Å²) in [5.41, 5.74) is 0. The number of carboxylic acid groups (broad SMARTS) is 1. The van der Waals surface area contributed by atoms with Gasteiger partial charge in [0, 0.05) is 26.2 Å². The first kappa shape index (κ1) is 9.89. The van der Waals surface area contributed by atoms with E-state index in [1.165, 1.54) is 0 Å². The van der Waals surface area contributed by atoms with Crippen molar-refractivity contribution in [2.75, 3.05) is 39.4 Å². The summed E-state index contributed by atoms with van der Waals surface area (Å²) in [6, 6.07) is 0. The maximum Gasteiger partial charge on any atom is 0.307 e. The Balaban J connectivity index is 1.85. The van der Waals surface area contributed by atoms with E-state index in [2.05, 4.69) is 10.0 Å². The van der Waals surface area contributed by atoms with E-state index in [1.807, 2.05) is 0 Å². The normalized spacial score (nSPS) is 30.7. The van der Waals surface area contributed by atoms with Gasteiger partial charge in [-0.15, -0.1) is 0 Å². The molecule has 0 unspecified atom stereocenters. The fourth-order valence-electron chi connectivity index (χ4n) is 2.04. The topological polar surface area (TPSA) is 53.0 Å². The number of hydrazine groups is 1. The summed E-state index contributed by atoms with van der Waals surface area (Å²) in [5.74, 6) is -0.849. The average molecular weight is 200 g/mol. The number of hydrogen-bond donors (Lipinski definition) is 1. The van der Waals surface area contributed by atoms with E-state index >= 15 is 0 Å². The van der Waals surface area contributed by atoms with Crippen LogP contribution >= 0.6 is 0 Å². The molecule has 2 aliphatic rings. The van der Waals surface area contributed by atoms with Crippen molar-refractivity contribution in [2.45, 2.75) is 6.42 Å². The van der Waals surface area contributed by atoms with Crippen LogP contribution in [0.2, 0.25) is 0 Å². The lowest BCUT2D eigenvalue weighted by Gasteiger charge is -2.34. The molecule has 0 radical (unpaired) electrons. The van der Waals surface area contributed by atoms with Gasteiger partial charge in [-0.05, 0) is 6.42 Å². The van der Waals surface area contributed by atoms with Crippen molar-refractivity contribution >= 4 is 5.97 Å². The van der Waals surface area contributed by atoms with Gasteiger partial charge in [-0.2, -0.15) is 0 Å². The van der Waals surface area contributed by atoms with E-state index in [4.69, 9.17) is 9.84 Å². The molecule has 5 nitrogen and oxygen atoms in total.